The van der Waals surface area contributed by atoms with Crippen LogP contribution in [0.25, 0.3) is 0 Å². The van der Waals surface area contributed by atoms with E-state index in [2.05, 4.69) is 10.4 Å². The Hall–Kier alpha value is -2.92. The predicted molar refractivity (Wildman–Crippen MR) is 116 cm³/mol. The number of alkyl halides is 3. The largest absolute Gasteiger partial charge is 0.416 e. The molecule has 1 fully saturated rings. The first-order chi connectivity index (χ1) is 16.2. The number of rotatable bonds is 8. The number of aromatic nitrogens is 2. The second kappa shape index (κ2) is 9.75. The molecule has 2 atom stereocenters. The Morgan fingerprint density at radius 2 is 1.97 bits per heavy atom. The van der Waals surface area contributed by atoms with Gasteiger partial charge in [-0.1, -0.05) is 31.7 Å². The number of hydrogen-bond donors (Lipinski definition) is 3. The van der Waals surface area contributed by atoms with E-state index in [1.807, 2.05) is 0 Å². The van der Waals surface area contributed by atoms with Crippen LogP contribution in [0.5, 0.6) is 0 Å². The number of nitrogens with one attached hydrogen (secondary N) is 1. The highest BCUT2D eigenvalue weighted by Crippen LogP contribution is 2.39. The summed E-state index contributed by atoms with van der Waals surface area (Å²) in [7, 11) is 0. The van der Waals surface area contributed by atoms with E-state index >= 15 is 0 Å². The number of amides is 2. The Balaban J connectivity index is 1.57. The molecule has 0 radical (unpaired) electrons. The van der Waals surface area contributed by atoms with Gasteiger partial charge in [0.15, 0.2) is 5.82 Å². The van der Waals surface area contributed by atoms with Gasteiger partial charge in [0.05, 0.1) is 24.8 Å². The van der Waals surface area contributed by atoms with E-state index in [0.29, 0.717) is 6.42 Å². The van der Waals surface area contributed by atoms with E-state index in [9.17, 15) is 27.9 Å². The van der Waals surface area contributed by atoms with Gasteiger partial charge >= 0.3 is 6.18 Å². The summed E-state index contributed by atoms with van der Waals surface area (Å²) in [4.78, 5) is 27.6. The van der Waals surface area contributed by atoms with Gasteiger partial charge in [-0.25, -0.2) is 0 Å². The second-order valence-corrected chi connectivity index (χ2v) is 8.91. The minimum absolute atomic E-state index is 0.0258. The molecule has 3 N–H and O–H groups in total. The lowest BCUT2D eigenvalue weighted by atomic mass is 9.96. The number of benzene rings is 1. The van der Waals surface area contributed by atoms with Crippen LogP contribution in [0, 0.1) is 5.92 Å². The van der Waals surface area contributed by atoms with Crippen LogP contribution in [0.2, 0.25) is 0 Å². The molecular weight excluding hydrogens is 453 g/mol. The minimum atomic E-state index is -4.60. The summed E-state index contributed by atoms with van der Waals surface area (Å²) in [5.74, 6) is -0.719. The van der Waals surface area contributed by atoms with Crippen LogP contribution in [0.3, 0.4) is 0 Å². The molecule has 2 heterocycles. The summed E-state index contributed by atoms with van der Waals surface area (Å²) in [6, 6.07) is 4.09. The predicted octanol–water partition coefficient (Wildman–Crippen LogP) is 2.80. The van der Waals surface area contributed by atoms with Crippen LogP contribution in [0.1, 0.15) is 53.6 Å². The van der Waals surface area contributed by atoms with Crippen LogP contribution in [0.4, 0.5) is 19.0 Å². The van der Waals surface area contributed by atoms with E-state index in [1.54, 1.807) is 0 Å². The molecule has 1 aliphatic heterocycles. The maximum atomic E-state index is 13.5. The Bertz CT molecular complexity index is 1050. The lowest BCUT2D eigenvalue weighted by molar-refractivity contribution is -0.138. The molecule has 0 bridgehead atoms. The number of halogens is 3. The standard InChI is InChI=1S/C23H27F3N4O4/c24-23(25,26)18-7-3-6-16-17(18)12-30(22(16)34)19(10-14-4-1-2-5-14)21(33)27-20-8-9-29(28-20)11-15(32)13-31/h3,6-9,14-15,19,31-32H,1-2,4-5,10-13H2,(H,27,28,33)/t15?,19-/m0/s1. The quantitative estimate of drug-likeness (QED) is 0.539. The summed E-state index contributed by atoms with van der Waals surface area (Å²) < 4.78 is 42.0. The fourth-order valence-corrected chi connectivity index (χ4v) is 4.82. The first-order valence-electron chi connectivity index (χ1n) is 11.3. The van der Waals surface area contributed by atoms with E-state index in [-0.39, 0.29) is 36.0 Å². The molecule has 34 heavy (non-hydrogen) atoms. The topological polar surface area (TPSA) is 108 Å². The van der Waals surface area contributed by atoms with Crippen molar-refractivity contribution in [3.63, 3.8) is 0 Å². The Morgan fingerprint density at radius 3 is 2.65 bits per heavy atom. The van der Waals surface area contributed by atoms with Crippen molar-refractivity contribution in [2.24, 2.45) is 5.92 Å². The third-order valence-corrected chi connectivity index (χ3v) is 6.51. The molecule has 4 rings (SSSR count). The average molecular weight is 480 g/mol. The zero-order valence-electron chi connectivity index (χ0n) is 18.5. The van der Waals surface area contributed by atoms with Crippen LogP contribution in [0.15, 0.2) is 30.5 Å². The monoisotopic (exact) mass is 480 g/mol. The zero-order chi connectivity index (χ0) is 24.5. The smallest absolute Gasteiger partial charge is 0.394 e. The molecule has 2 aliphatic rings. The number of carbonyl (C=O) groups is 2. The van der Waals surface area contributed by atoms with Gasteiger partial charge in [0.1, 0.15) is 6.04 Å². The molecule has 8 nitrogen and oxygen atoms in total. The molecule has 0 saturated heterocycles. The summed E-state index contributed by atoms with van der Waals surface area (Å²) in [6.45, 7) is -0.702. The van der Waals surface area contributed by atoms with Gasteiger partial charge in [-0.15, -0.1) is 0 Å². The number of carbonyl (C=O) groups excluding carboxylic acids is 2. The van der Waals surface area contributed by atoms with Crippen molar-refractivity contribution in [2.45, 2.75) is 63.5 Å². The van der Waals surface area contributed by atoms with Crippen LogP contribution in [-0.4, -0.2) is 55.5 Å². The molecule has 1 saturated carbocycles. The molecule has 2 aromatic rings. The van der Waals surface area contributed by atoms with E-state index < -0.39 is 42.3 Å². The van der Waals surface area contributed by atoms with Gasteiger partial charge < -0.3 is 20.4 Å². The Morgan fingerprint density at radius 1 is 1.24 bits per heavy atom. The third kappa shape index (κ3) is 5.10. The van der Waals surface area contributed by atoms with Gasteiger partial charge in [-0.3, -0.25) is 14.3 Å². The number of anilines is 1. The van der Waals surface area contributed by atoms with E-state index in [1.165, 1.54) is 34.0 Å². The average Bonchev–Trinajstić information content (AvgIpc) is 3.52. The molecule has 2 amide bonds. The number of nitrogens with zero attached hydrogens (tertiary/aromatic N) is 3. The molecule has 1 aromatic carbocycles. The third-order valence-electron chi connectivity index (χ3n) is 6.51. The highest BCUT2D eigenvalue weighted by molar-refractivity contribution is 6.03. The molecule has 11 heteroatoms. The lowest BCUT2D eigenvalue weighted by Crippen LogP contribution is -2.45. The minimum Gasteiger partial charge on any atom is -0.394 e. The number of aliphatic hydroxyl groups is 2. The maximum Gasteiger partial charge on any atom is 0.416 e. The van der Waals surface area contributed by atoms with Gasteiger partial charge in [0.2, 0.25) is 5.91 Å². The van der Waals surface area contributed by atoms with Crippen molar-refractivity contribution in [3.05, 3.63) is 47.2 Å². The van der Waals surface area contributed by atoms with Crippen molar-refractivity contribution in [2.75, 3.05) is 11.9 Å². The number of aliphatic hydroxyl groups excluding tert-OH is 2. The first-order valence-corrected chi connectivity index (χ1v) is 11.3. The first kappa shape index (κ1) is 24.2. The highest BCUT2D eigenvalue weighted by Gasteiger charge is 2.43. The van der Waals surface area contributed by atoms with Crippen molar-refractivity contribution < 1.29 is 33.0 Å². The van der Waals surface area contributed by atoms with Crippen molar-refractivity contribution in [1.82, 2.24) is 14.7 Å². The molecule has 1 aromatic heterocycles. The normalized spacial score (nSPS) is 18.3. The Labute approximate surface area is 194 Å². The van der Waals surface area contributed by atoms with Crippen molar-refractivity contribution >= 4 is 17.6 Å². The maximum absolute atomic E-state index is 13.5. The summed E-state index contributed by atoms with van der Waals surface area (Å²) >= 11 is 0. The number of fused-ring (bicyclic) bond motifs is 1. The summed E-state index contributed by atoms with van der Waals surface area (Å²) in [5, 5.41) is 25.4. The van der Waals surface area contributed by atoms with Gasteiger partial charge in [0.25, 0.3) is 5.91 Å². The van der Waals surface area contributed by atoms with Crippen molar-refractivity contribution in [1.29, 1.82) is 0 Å². The highest BCUT2D eigenvalue weighted by atomic mass is 19.4. The SMILES string of the molecule is O=C(Nc1ccn(CC(O)CO)n1)[C@H](CC1CCCC1)N1Cc2c(cccc2C(F)(F)F)C1=O. The fraction of sp³-hybridized carbons (Fsp3) is 0.522. The lowest BCUT2D eigenvalue weighted by Gasteiger charge is -2.29. The van der Waals surface area contributed by atoms with Crippen LogP contribution in [-0.2, 0) is 24.1 Å². The fourth-order valence-electron chi connectivity index (χ4n) is 4.82. The van der Waals surface area contributed by atoms with Gasteiger partial charge in [0, 0.05) is 24.4 Å². The van der Waals surface area contributed by atoms with Gasteiger partial charge in [-0.2, -0.15) is 18.3 Å². The number of hydrogen-bond acceptors (Lipinski definition) is 5. The zero-order valence-corrected chi connectivity index (χ0v) is 18.5. The second-order valence-electron chi connectivity index (χ2n) is 8.91. The van der Waals surface area contributed by atoms with Crippen LogP contribution >= 0.6 is 0 Å². The van der Waals surface area contributed by atoms with E-state index in [0.717, 1.165) is 31.7 Å². The van der Waals surface area contributed by atoms with Crippen molar-refractivity contribution in [3.8, 4) is 0 Å². The molecule has 1 aliphatic carbocycles. The molecule has 0 spiro atoms. The van der Waals surface area contributed by atoms with Crippen LogP contribution < -0.4 is 5.32 Å². The Kier molecular flexibility index (Phi) is 6.94. The summed E-state index contributed by atoms with van der Waals surface area (Å²) in [6.07, 6.45) is 0.106. The van der Waals surface area contributed by atoms with Gasteiger partial charge in [-0.05, 0) is 30.0 Å². The molecule has 1 unspecified atom stereocenters. The molecule has 184 valence electrons. The molecular formula is C23H27F3N4O4. The summed E-state index contributed by atoms with van der Waals surface area (Å²) in [5.41, 5.74) is -0.991. The van der Waals surface area contributed by atoms with E-state index in [4.69, 9.17) is 5.11 Å².